The van der Waals surface area contributed by atoms with Gasteiger partial charge in [-0.05, 0) is 50.7 Å². The van der Waals surface area contributed by atoms with Crippen molar-refractivity contribution in [2.75, 3.05) is 46.3 Å². The van der Waals surface area contributed by atoms with Gasteiger partial charge in [0.15, 0.2) is 0 Å². The minimum Gasteiger partial charge on any atom is -0.313 e. The van der Waals surface area contributed by atoms with Crippen LogP contribution in [-0.4, -0.2) is 56.1 Å². The minimum atomic E-state index is -0.110. The van der Waals surface area contributed by atoms with Gasteiger partial charge in [-0.1, -0.05) is 12.1 Å². The van der Waals surface area contributed by atoms with Gasteiger partial charge in [0, 0.05) is 32.7 Å². The molecule has 3 nitrogen and oxygen atoms in total. The lowest BCUT2D eigenvalue weighted by Gasteiger charge is -2.32. The van der Waals surface area contributed by atoms with Crippen molar-refractivity contribution in [2.24, 2.45) is 0 Å². The summed E-state index contributed by atoms with van der Waals surface area (Å²) in [5.74, 6) is -0.110. The first kappa shape index (κ1) is 15.4. The fourth-order valence-electron chi connectivity index (χ4n) is 2.48. The van der Waals surface area contributed by atoms with Crippen LogP contribution in [0, 0.1) is 12.7 Å². The van der Waals surface area contributed by atoms with E-state index in [1.165, 1.54) is 26.2 Å². The zero-order chi connectivity index (χ0) is 14.4. The summed E-state index contributed by atoms with van der Waals surface area (Å²) in [7, 11) is 2.18. The Labute approximate surface area is 121 Å². The monoisotopic (exact) mass is 279 g/mol. The number of rotatable bonds is 6. The Morgan fingerprint density at radius 2 is 1.95 bits per heavy atom. The number of aryl methyl sites for hydroxylation is 1. The summed E-state index contributed by atoms with van der Waals surface area (Å²) in [4.78, 5) is 4.90. The predicted molar refractivity (Wildman–Crippen MR) is 81.4 cm³/mol. The number of halogens is 1. The summed E-state index contributed by atoms with van der Waals surface area (Å²) in [6.07, 6.45) is 1.15. The Hall–Kier alpha value is -0.970. The minimum absolute atomic E-state index is 0.110. The fraction of sp³-hybridized carbons (Fsp3) is 0.625. The quantitative estimate of drug-likeness (QED) is 0.802. The third kappa shape index (κ3) is 4.85. The van der Waals surface area contributed by atoms with Crippen LogP contribution in [0.25, 0.3) is 0 Å². The first-order chi connectivity index (χ1) is 9.65. The Balaban J connectivity index is 1.58. The van der Waals surface area contributed by atoms with E-state index in [0.29, 0.717) is 5.56 Å². The summed E-state index contributed by atoms with van der Waals surface area (Å²) in [6, 6.07) is 5.46. The van der Waals surface area contributed by atoms with E-state index in [2.05, 4.69) is 22.2 Å². The second-order valence-corrected chi connectivity index (χ2v) is 5.76. The molecular weight excluding hydrogens is 253 g/mol. The molecule has 0 unspecified atom stereocenters. The first-order valence-corrected chi connectivity index (χ1v) is 7.52. The molecule has 1 N–H and O–H groups in total. The van der Waals surface area contributed by atoms with E-state index in [9.17, 15) is 4.39 Å². The van der Waals surface area contributed by atoms with E-state index in [1.54, 1.807) is 13.0 Å². The number of nitrogens with one attached hydrogen (secondary N) is 1. The Morgan fingerprint density at radius 1 is 1.20 bits per heavy atom. The van der Waals surface area contributed by atoms with Crippen molar-refractivity contribution in [3.8, 4) is 0 Å². The van der Waals surface area contributed by atoms with Crippen LogP contribution < -0.4 is 5.32 Å². The summed E-state index contributed by atoms with van der Waals surface area (Å²) >= 11 is 0. The van der Waals surface area contributed by atoms with E-state index >= 15 is 0 Å². The van der Waals surface area contributed by atoms with Crippen molar-refractivity contribution in [3.63, 3.8) is 0 Å². The molecule has 0 saturated carbocycles. The number of nitrogens with zero attached hydrogens (tertiary/aromatic N) is 2. The summed E-state index contributed by atoms with van der Waals surface area (Å²) in [5.41, 5.74) is 1.73. The van der Waals surface area contributed by atoms with Crippen LogP contribution in [0.4, 0.5) is 4.39 Å². The van der Waals surface area contributed by atoms with Gasteiger partial charge in [0.25, 0.3) is 0 Å². The maximum Gasteiger partial charge on any atom is 0.126 e. The van der Waals surface area contributed by atoms with E-state index in [4.69, 9.17) is 0 Å². The van der Waals surface area contributed by atoms with Gasteiger partial charge in [0.2, 0.25) is 0 Å². The van der Waals surface area contributed by atoms with Gasteiger partial charge in [0.1, 0.15) is 5.82 Å². The molecule has 0 amide bonds. The molecule has 1 saturated heterocycles. The maximum absolute atomic E-state index is 13.4. The highest BCUT2D eigenvalue weighted by molar-refractivity contribution is 5.23. The second-order valence-electron chi connectivity index (χ2n) is 5.76. The number of benzene rings is 1. The number of piperazine rings is 1. The first-order valence-electron chi connectivity index (χ1n) is 7.52. The molecule has 0 radical (unpaired) electrons. The fourth-order valence-corrected chi connectivity index (χ4v) is 2.48. The van der Waals surface area contributed by atoms with Crippen molar-refractivity contribution in [1.82, 2.24) is 15.1 Å². The molecule has 4 heteroatoms. The number of likely N-dealkylation sites (N-methyl/N-ethyl adjacent to an activating group) is 1. The third-order valence-corrected chi connectivity index (χ3v) is 3.99. The van der Waals surface area contributed by atoms with Crippen LogP contribution in [0.5, 0.6) is 0 Å². The third-order valence-electron chi connectivity index (χ3n) is 3.99. The van der Waals surface area contributed by atoms with Gasteiger partial charge in [0.05, 0.1) is 0 Å². The SMILES string of the molecule is Cc1ccc(CNCCCN2CCN(C)CC2)cc1F. The Bertz CT molecular complexity index is 414. The average molecular weight is 279 g/mol. The molecule has 0 bridgehead atoms. The van der Waals surface area contributed by atoms with E-state index < -0.39 is 0 Å². The van der Waals surface area contributed by atoms with Crippen LogP contribution in [0.15, 0.2) is 18.2 Å². The molecule has 20 heavy (non-hydrogen) atoms. The van der Waals surface area contributed by atoms with Gasteiger partial charge in [-0.15, -0.1) is 0 Å². The van der Waals surface area contributed by atoms with Gasteiger partial charge >= 0.3 is 0 Å². The van der Waals surface area contributed by atoms with Crippen LogP contribution >= 0.6 is 0 Å². The van der Waals surface area contributed by atoms with Crippen molar-refractivity contribution < 1.29 is 4.39 Å². The Morgan fingerprint density at radius 3 is 2.65 bits per heavy atom. The van der Waals surface area contributed by atoms with Gasteiger partial charge in [-0.25, -0.2) is 4.39 Å². The molecule has 112 valence electrons. The summed E-state index contributed by atoms with van der Waals surface area (Å²) in [5, 5.41) is 3.39. The topological polar surface area (TPSA) is 18.5 Å². The van der Waals surface area contributed by atoms with Crippen molar-refractivity contribution in [2.45, 2.75) is 19.9 Å². The molecule has 2 rings (SSSR count). The molecule has 0 spiro atoms. The van der Waals surface area contributed by atoms with Gasteiger partial charge < -0.3 is 15.1 Å². The predicted octanol–water partition coefficient (Wildman–Crippen LogP) is 1.86. The van der Waals surface area contributed by atoms with E-state index in [-0.39, 0.29) is 5.82 Å². The van der Waals surface area contributed by atoms with Crippen molar-refractivity contribution in [3.05, 3.63) is 35.1 Å². The lowest BCUT2D eigenvalue weighted by Crippen LogP contribution is -2.45. The largest absolute Gasteiger partial charge is 0.313 e. The molecule has 1 aliphatic rings. The molecule has 1 aromatic carbocycles. The lowest BCUT2D eigenvalue weighted by atomic mass is 10.1. The van der Waals surface area contributed by atoms with Crippen LogP contribution in [0.3, 0.4) is 0 Å². The maximum atomic E-state index is 13.4. The zero-order valence-electron chi connectivity index (χ0n) is 12.7. The Kier molecular flexibility index (Phi) is 5.95. The highest BCUT2D eigenvalue weighted by Crippen LogP contribution is 2.08. The van der Waals surface area contributed by atoms with Crippen molar-refractivity contribution >= 4 is 0 Å². The van der Waals surface area contributed by atoms with Crippen LogP contribution in [0.2, 0.25) is 0 Å². The molecule has 1 aliphatic heterocycles. The standard InChI is InChI=1S/C16H26FN3/c1-14-4-5-15(12-16(14)17)13-18-6-3-7-20-10-8-19(2)9-11-20/h4-5,12,18H,3,6-11,13H2,1-2H3. The van der Waals surface area contributed by atoms with E-state index in [0.717, 1.165) is 31.6 Å². The zero-order valence-corrected chi connectivity index (χ0v) is 12.7. The number of hydrogen-bond donors (Lipinski definition) is 1. The van der Waals surface area contributed by atoms with Crippen LogP contribution in [-0.2, 0) is 6.54 Å². The molecule has 1 heterocycles. The molecule has 1 aromatic rings. The average Bonchev–Trinajstić information content (AvgIpc) is 2.44. The normalized spacial score (nSPS) is 17.6. The van der Waals surface area contributed by atoms with Gasteiger partial charge in [-0.2, -0.15) is 0 Å². The molecule has 0 aliphatic carbocycles. The van der Waals surface area contributed by atoms with E-state index in [1.807, 2.05) is 12.1 Å². The molecule has 1 fully saturated rings. The smallest absolute Gasteiger partial charge is 0.126 e. The van der Waals surface area contributed by atoms with Gasteiger partial charge in [-0.3, -0.25) is 0 Å². The lowest BCUT2D eigenvalue weighted by molar-refractivity contribution is 0.153. The molecular formula is C16H26FN3. The summed E-state index contributed by atoms with van der Waals surface area (Å²) < 4.78 is 13.4. The molecule has 0 aromatic heterocycles. The van der Waals surface area contributed by atoms with Crippen molar-refractivity contribution in [1.29, 1.82) is 0 Å². The summed E-state index contributed by atoms with van der Waals surface area (Å²) in [6.45, 7) is 9.40. The second kappa shape index (κ2) is 7.72. The molecule has 0 atom stereocenters. The highest BCUT2D eigenvalue weighted by Gasteiger charge is 2.12. The highest BCUT2D eigenvalue weighted by atomic mass is 19.1. The number of hydrogen-bond acceptors (Lipinski definition) is 3. The van der Waals surface area contributed by atoms with Crippen LogP contribution in [0.1, 0.15) is 17.5 Å².